The van der Waals surface area contributed by atoms with Gasteiger partial charge < -0.3 is 10.4 Å². The molecule has 2 N–H and O–H groups in total. The van der Waals surface area contributed by atoms with Gasteiger partial charge in [0, 0.05) is 6.54 Å². The zero-order chi connectivity index (χ0) is 13.5. The van der Waals surface area contributed by atoms with Crippen LogP contribution in [0.5, 0.6) is 0 Å². The van der Waals surface area contributed by atoms with Crippen molar-refractivity contribution >= 4 is 21.6 Å². The van der Waals surface area contributed by atoms with E-state index in [2.05, 4.69) is 32.3 Å². The summed E-state index contributed by atoms with van der Waals surface area (Å²) in [5, 5.41) is 16.2. The SMILES string of the molecule is C#CCn1ncc(NCCCC(C)O)c(Br)c1=O. The Balaban J connectivity index is 2.66. The molecule has 0 radical (unpaired) electrons. The number of nitrogens with zero attached hydrogens (tertiary/aromatic N) is 2. The van der Waals surface area contributed by atoms with Crippen LogP contribution < -0.4 is 10.9 Å². The number of aliphatic hydroxyl groups is 1. The molecule has 0 aliphatic heterocycles. The van der Waals surface area contributed by atoms with E-state index in [9.17, 15) is 4.79 Å². The maximum Gasteiger partial charge on any atom is 0.284 e. The van der Waals surface area contributed by atoms with Gasteiger partial charge in [-0.2, -0.15) is 5.10 Å². The molecule has 0 saturated carbocycles. The van der Waals surface area contributed by atoms with Crippen molar-refractivity contribution < 1.29 is 5.11 Å². The first kappa shape index (κ1) is 14.7. The van der Waals surface area contributed by atoms with Crippen LogP contribution in [0.1, 0.15) is 19.8 Å². The average Bonchev–Trinajstić information content (AvgIpc) is 2.33. The van der Waals surface area contributed by atoms with E-state index >= 15 is 0 Å². The zero-order valence-electron chi connectivity index (χ0n) is 10.2. The minimum absolute atomic E-state index is 0.153. The summed E-state index contributed by atoms with van der Waals surface area (Å²) in [4.78, 5) is 11.8. The van der Waals surface area contributed by atoms with Crippen LogP contribution in [-0.4, -0.2) is 27.5 Å². The van der Waals surface area contributed by atoms with Crippen LogP contribution in [0.4, 0.5) is 5.69 Å². The first-order chi connectivity index (χ1) is 8.56. The van der Waals surface area contributed by atoms with E-state index < -0.39 is 0 Å². The maximum absolute atomic E-state index is 11.8. The molecule has 1 rings (SSSR count). The van der Waals surface area contributed by atoms with Crippen molar-refractivity contribution in [3.8, 4) is 12.3 Å². The minimum Gasteiger partial charge on any atom is -0.393 e. The topological polar surface area (TPSA) is 67.2 Å². The molecule has 0 saturated heterocycles. The smallest absolute Gasteiger partial charge is 0.284 e. The lowest BCUT2D eigenvalue weighted by atomic mass is 10.2. The molecular formula is C12H16BrN3O2. The molecule has 1 aromatic rings. The molecule has 18 heavy (non-hydrogen) atoms. The molecule has 0 aromatic carbocycles. The monoisotopic (exact) mass is 313 g/mol. The van der Waals surface area contributed by atoms with E-state index in [1.807, 2.05) is 0 Å². The van der Waals surface area contributed by atoms with Crippen LogP contribution >= 0.6 is 15.9 Å². The van der Waals surface area contributed by atoms with E-state index in [0.29, 0.717) is 23.1 Å². The predicted molar refractivity (Wildman–Crippen MR) is 74.4 cm³/mol. The summed E-state index contributed by atoms with van der Waals surface area (Å²) in [5.74, 6) is 2.37. The highest BCUT2D eigenvalue weighted by atomic mass is 79.9. The van der Waals surface area contributed by atoms with Crippen LogP contribution in [-0.2, 0) is 6.54 Å². The normalized spacial score (nSPS) is 11.9. The van der Waals surface area contributed by atoms with Crippen LogP contribution in [0.25, 0.3) is 0 Å². The maximum atomic E-state index is 11.8. The lowest BCUT2D eigenvalue weighted by Gasteiger charge is -2.09. The molecule has 0 spiro atoms. The molecule has 98 valence electrons. The van der Waals surface area contributed by atoms with Crippen LogP contribution in [0.3, 0.4) is 0 Å². The summed E-state index contributed by atoms with van der Waals surface area (Å²) in [5.41, 5.74) is 0.382. The fourth-order valence-electron chi connectivity index (χ4n) is 1.41. The van der Waals surface area contributed by atoms with Gasteiger partial charge in [0.1, 0.15) is 11.0 Å². The third-order valence-electron chi connectivity index (χ3n) is 2.34. The highest BCUT2D eigenvalue weighted by Crippen LogP contribution is 2.16. The molecule has 1 atom stereocenters. The minimum atomic E-state index is -0.308. The number of hydrogen-bond donors (Lipinski definition) is 2. The molecule has 0 aliphatic rings. The molecule has 0 amide bonds. The Labute approximate surface area is 114 Å². The Bertz CT molecular complexity index is 491. The Morgan fingerprint density at radius 3 is 3.06 bits per heavy atom. The van der Waals surface area contributed by atoms with Gasteiger partial charge in [0.05, 0.1) is 18.0 Å². The summed E-state index contributed by atoms with van der Waals surface area (Å²) in [6, 6.07) is 0. The third kappa shape index (κ3) is 4.17. The second-order valence-electron chi connectivity index (χ2n) is 3.96. The molecule has 0 bridgehead atoms. The van der Waals surface area contributed by atoms with Gasteiger partial charge >= 0.3 is 0 Å². The van der Waals surface area contributed by atoms with Crippen molar-refractivity contribution in [3.05, 3.63) is 21.0 Å². The predicted octanol–water partition coefficient (Wildman–Crippen LogP) is 1.21. The number of hydrogen-bond acceptors (Lipinski definition) is 4. The number of nitrogens with one attached hydrogen (secondary N) is 1. The van der Waals surface area contributed by atoms with Gasteiger partial charge in [-0.15, -0.1) is 6.42 Å². The largest absolute Gasteiger partial charge is 0.393 e. The summed E-state index contributed by atoms with van der Waals surface area (Å²) >= 11 is 3.23. The van der Waals surface area contributed by atoms with Crippen molar-refractivity contribution in [2.75, 3.05) is 11.9 Å². The van der Waals surface area contributed by atoms with Crippen molar-refractivity contribution in [1.29, 1.82) is 0 Å². The summed E-state index contributed by atoms with van der Waals surface area (Å²) in [6.07, 6.45) is 7.92. The molecule has 6 heteroatoms. The zero-order valence-corrected chi connectivity index (χ0v) is 11.8. The summed E-state index contributed by atoms with van der Waals surface area (Å²) in [7, 11) is 0. The first-order valence-corrected chi connectivity index (χ1v) is 6.46. The van der Waals surface area contributed by atoms with Gasteiger partial charge in [0.15, 0.2) is 0 Å². The summed E-state index contributed by atoms with van der Waals surface area (Å²) in [6.45, 7) is 2.57. The highest BCUT2D eigenvalue weighted by molar-refractivity contribution is 9.10. The molecule has 0 aliphatic carbocycles. The number of aromatic nitrogens is 2. The number of terminal acetylenes is 1. The quantitative estimate of drug-likeness (QED) is 0.612. The Morgan fingerprint density at radius 2 is 2.44 bits per heavy atom. The second kappa shape index (κ2) is 7.19. The number of anilines is 1. The fourth-order valence-corrected chi connectivity index (χ4v) is 1.86. The van der Waals surface area contributed by atoms with E-state index in [-0.39, 0.29) is 18.2 Å². The van der Waals surface area contributed by atoms with Crippen molar-refractivity contribution in [2.45, 2.75) is 32.4 Å². The molecule has 1 unspecified atom stereocenters. The molecular weight excluding hydrogens is 298 g/mol. The lowest BCUT2D eigenvalue weighted by molar-refractivity contribution is 0.183. The number of halogens is 1. The summed E-state index contributed by atoms with van der Waals surface area (Å²) < 4.78 is 1.63. The van der Waals surface area contributed by atoms with Gasteiger partial charge in [0.25, 0.3) is 5.56 Å². The van der Waals surface area contributed by atoms with Crippen LogP contribution in [0, 0.1) is 12.3 Å². The van der Waals surface area contributed by atoms with E-state index in [1.54, 1.807) is 13.1 Å². The first-order valence-electron chi connectivity index (χ1n) is 5.67. The lowest BCUT2D eigenvalue weighted by Crippen LogP contribution is -2.24. The molecule has 5 nitrogen and oxygen atoms in total. The van der Waals surface area contributed by atoms with Gasteiger partial charge in [-0.25, -0.2) is 4.68 Å². The van der Waals surface area contributed by atoms with E-state index in [1.165, 1.54) is 4.68 Å². The number of aliphatic hydroxyl groups excluding tert-OH is 1. The van der Waals surface area contributed by atoms with Crippen molar-refractivity contribution in [3.63, 3.8) is 0 Å². The van der Waals surface area contributed by atoms with Gasteiger partial charge in [-0.1, -0.05) is 5.92 Å². The van der Waals surface area contributed by atoms with Gasteiger partial charge in [0.2, 0.25) is 0 Å². The van der Waals surface area contributed by atoms with E-state index in [4.69, 9.17) is 11.5 Å². The van der Waals surface area contributed by atoms with Crippen LogP contribution in [0.2, 0.25) is 0 Å². The van der Waals surface area contributed by atoms with E-state index in [0.717, 1.165) is 6.42 Å². The van der Waals surface area contributed by atoms with Crippen molar-refractivity contribution in [1.82, 2.24) is 9.78 Å². The Morgan fingerprint density at radius 1 is 1.72 bits per heavy atom. The third-order valence-corrected chi connectivity index (χ3v) is 3.11. The average molecular weight is 314 g/mol. The van der Waals surface area contributed by atoms with Crippen molar-refractivity contribution in [2.24, 2.45) is 0 Å². The second-order valence-corrected chi connectivity index (χ2v) is 4.75. The Kier molecular flexibility index (Phi) is 5.89. The Hall–Kier alpha value is -1.32. The molecule has 1 aromatic heterocycles. The highest BCUT2D eigenvalue weighted by Gasteiger charge is 2.07. The number of rotatable bonds is 6. The van der Waals surface area contributed by atoms with Crippen LogP contribution in [0.15, 0.2) is 15.5 Å². The molecule has 0 fully saturated rings. The molecule has 1 heterocycles. The van der Waals surface area contributed by atoms with Gasteiger partial charge in [-0.05, 0) is 35.7 Å². The standard InChI is InChI=1S/C12H16BrN3O2/c1-3-7-16-12(18)11(13)10(8-15-16)14-6-4-5-9(2)17/h1,8-9,14,17H,4-7H2,2H3. The van der Waals surface area contributed by atoms with Gasteiger partial charge in [-0.3, -0.25) is 4.79 Å². The fraction of sp³-hybridized carbons (Fsp3) is 0.500.